The summed E-state index contributed by atoms with van der Waals surface area (Å²) in [6.45, 7) is 1.81. The van der Waals surface area contributed by atoms with Gasteiger partial charge in [0.1, 0.15) is 5.75 Å². The molecule has 1 aromatic carbocycles. The van der Waals surface area contributed by atoms with Crippen LogP contribution >= 0.6 is 0 Å². The summed E-state index contributed by atoms with van der Waals surface area (Å²) in [5.41, 5.74) is 2.00. The molecule has 0 radical (unpaired) electrons. The molecule has 0 saturated heterocycles. The minimum atomic E-state index is -1.37. The van der Waals surface area contributed by atoms with Crippen molar-refractivity contribution in [3.05, 3.63) is 59.0 Å². The maximum atomic E-state index is 11.6. The molecule has 0 aliphatic carbocycles. The number of benzene rings is 1. The summed E-state index contributed by atoms with van der Waals surface area (Å²) in [6.07, 6.45) is 4.65. The van der Waals surface area contributed by atoms with E-state index in [2.05, 4.69) is 15.3 Å². The zero-order valence-electron chi connectivity index (χ0n) is 14.7. The predicted octanol–water partition coefficient (Wildman–Crippen LogP) is 4.09. The number of nitrogens with one attached hydrogen (secondary N) is 1. The van der Waals surface area contributed by atoms with Crippen molar-refractivity contribution in [3.63, 3.8) is 0 Å². The number of anilines is 2. The number of aliphatic imine (C=N–C) groups is 1. The minimum absolute atomic E-state index is 0.0512. The molecule has 0 fully saturated rings. The SMILES string of the molecule is Cc1ccc(Nc2oc(C=C3C=Nc4ncccc43)c(O)c2C(=O)O)c(O)c1. The Morgan fingerprint density at radius 1 is 1.25 bits per heavy atom. The summed E-state index contributed by atoms with van der Waals surface area (Å²) in [5.74, 6) is -1.69. The number of aromatic carboxylic acids is 1. The summed E-state index contributed by atoms with van der Waals surface area (Å²) in [5, 5.41) is 32.7. The van der Waals surface area contributed by atoms with Gasteiger partial charge in [-0.25, -0.2) is 14.8 Å². The van der Waals surface area contributed by atoms with Crippen LogP contribution in [0.1, 0.15) is 27.2 Å². The van der Waals surface area contributed by atoms with Crippen LogP contribution < -0.4 is 5.32 Å². The first kappa shape index (κ1) is 17.3. The van der Waals surface area contributed by atoms with Crippen LogP contribution in [-0.4, -0.2) is 32.5 Å². The largest absolute Gasteiger partial charge is 0.506 e. The second-order valence-electron chi connectivity index (χ2n) is 6.20. The van der Waals surface area contributed by atoms with E-state index >= 15 is 0 Å². The number of nitrogens with zero attached hydrogens (tertiary/aromatic N) is 2. The van der Waals surface area contributed by atoms with E-state index in [0.717, 1.165) is 11.1 Å². The van der Waals surface area contributed by atoms with Crippen molar-refractivity contribution in [2.75, 3.05) is 5.32 Å². The van der Waals surface area contributed by atoms with E-state index in [9.17, 15) is 20.1 Å². The molecule has 140 valence electrons. The van der Waals surface area contributed by atoms with Crippen molar-refractivity contribution in [1.82, 2.24) is 4.98 Å². The second kappa shape index (κ2) is 6.58. The predicted molar refractivity (Wildman–Crippen MR) is 104 cm³/mol. The van der Waals surface area contributed by atoms with Gasteiger partial charge in [-0.05, 0) is 42.8 Å². The van der Waals surface area contributed by atoms with E-state index in [1.807, 2.05) is 13.0 Å². The first-order valence-electron chi connectivity index (χ1n) is 8.31. The average molecular weight is 377 g/mol. The third kappa shape index (κ3) is 2.96. The fourth-order valence-corrected chi connectivity index (χ4v) is 2.88. The number of furan rings is 1. The summed E-state index contributed by atoms with van der Waals surface area (Å²) in [4.78, 5) is 19.9. The third-order valence-electron chi connectivity index (χ3n) is 4.23. The Balaban J connectivity index is 1.77. The number of aryl methyl sites for hydroxylation is 1. The molecule has 1 aliphatic rings. The van der Waals surface area contributed by atoms with Gasteiger partial charge in [0.2, 0.25) is 5.88 Å². The van der Waals surface area contributed by atoms with Crippen LogP contribution in [0.5, 0.6) is 11.5 Å². The Labute approximate surface area is 159 Å². The number of phenols is 1. The number of fused-ring (bicyclic) bond motifs is 1. The topological polar surface area (TPSA) is 128 Å². The number of carboxylic acid groups (broad SMARTS) is 1. The van der Waals surface area contributed by atoms with E-state index in [1.54, 1.807) is 30.6 Å². The number of carboxylic acids is 1. The van der Waals surface area contributed by atoms with E-state index < -0.39 is 17.3 Å². The van der Waals surface area contributed by atoms with E-state index in [1.165, 1.54) is 12.1 Å². The van der Waals surface area contributed by atoms with Gasteiger partial charge in [-0.3, -0.25) is 0 Å². The fourth-order valence-electron chi connectivity index (χ4n) is 2.88. The van der Waals surface area contributed by atoms with E-state index in [-0.39, 0.29) is 23.1 Å². The molecule has 8 heteroatoms. The number of carbonyl (C=O) groups is 1. The van der Waals surface area contributed by atoms with Crippen molar-refractivity contribution < 1.29 is 24.5 Å². The highest BCUT2D eigenvalue weighted by Crippen LogP contribution is 2.40. The van der Waals surface area contributed by atoms with Crippen molar-refractivity contribution in [1.29, 1.82) is 0 Å². The van der Waals surface area contributed by atoms with Crippen LogP contribution in [0.4, 0.5) is 17.4 Å². The minimum Gasteiger partial charge on any atom is -0.506 e. The summed E-state index contributed by atoms with van der Waals surface area (Å²) in [7, 11) is 0. The molecular weight excluding hydrogens is 362 g/mol. The Hall–Kier alpha value is -4.07. The maximum Gasteiger partial charge on any atom is 0.345 e. The van der Waals surface area contributed by atoms with Crippen LogP contribution in [-0.2, 0) is 0 Å². The van der Waals surface area contributed by atoms with Gasteiger partial charge >= 0.3 is 5.97 Å². The van der Waals surface area contributed by atoms with E-state index in [0.29, 0.717) is 11.4 Å². The highest BCUT2D eigenvalue weighted by atomic mass is 16.4. The Bertz CT molecular complexity index is 1160. The Morgan fingerprint density at radius 3 is 2.82 bits per heavy atom. The third-order valence-corrected chi connectivity index (χ3v) is 4.23. The molecule has 0 atom stereocenters. The second-order valence-corrected chi connectivity index (χ2v) is 6.20. The monoisotopic (exact) mass is 377 g/mol. The zero-order chi connectivity index (χ0) is 19.8. The first-order chi connectivity index (χ1) is 13.4. The smallest absolute Gasteiger partial charge is 0.345 e. The van der Waals surface area contributed by atoms with Gasteiger partial charge in [-0.1, -0.05) is 6.07 Å². The lowest BCUT2D eigenvalue weighted by Gasteiger charge is -2.07. The molecular formula is C20H15N3O5. The number of allylic oxidation sites excluding steroid dienone is 1. The summed E-state index contributed by atoms with van der Waals surface area (Å²) in [6, 6.07) is 8.40. The lowest BCUT2D eigenvalue weighted by atomic mass is 10.1. The number of pyridine rings is 1. The first-order valence-corrected chi connectivity index (χ1v) is 8.31. The van der Waals surface area contributed by atoms with Crippen LogP contribution in [0, 0.1) is 6.92 Å². The van der Waals surface area contributed by atoms with Crippen molar-refractivity contribution >= 4 is 41.2 Å². The number of hydrogen-bond acceptors (Lipinski definition) is 7. The number of aromatic hydroxyl groups is 2. The van der Waals surface area contributed by atoms with Crippen LogP contribution in [0.3, 0.4) is 0 Å². The lowest BCUT2D eigenvalue weighted by Crippen LogP contribution is -2.00. The molecule has 1 aliphatic heterocycles. The van der Waals surface area contributed by atoms with Gasteiger partial charge in [-0.15, -0.1) is 0 Å². The zero-order valence-corrected chi connectivity index (χ0v) is 14.7. The molecule has 2 aromatic heterocycles. The molecule has 3 aromatic rings. The standard InChI is InChI=1S/C20H15N3O5/c1-10-4-5-13(14(24)7-10)23-19-16(20(26)27)17(25)15(28-19)8-11-9-22-18-12(11)3-2-6-21-18/h2-9,23-25H,1H3,(H,26,27). The van der Waals surface area contributed by atoms with Crippen LogP contribution in [0.15, 0.2) is 45.9 Å². The van der Waals surface area contributed by atoms with Gasteiger partial charge < -0.3 is 25.1 Å². The van der Waals surface area contributed by atoms with Gasteiger partial charge in [0.25, 0.3) is 0 Å². The fraction of sp³-hybridized carbons (Fsp3) is 0.0500. The van der Waals surface area contributed by atoms with Crippen molar-refractivity contribution in [2.24, 2.45) is 4.99 Å². The molecule has 0 amide bonds. The van der Waals surface area contributed by atoms with Gasteiger partial charge in [0.05, 0.1) is 5.69 Å². The number of hydrogen-bond donors (Lipinski definition) is 4. The van der Waals surface area contributed by atoms with Crippen LogP contribution in [0.25, 0.3) is 11.6 Å². The number of phenolic OH excluding ortho intramolecular Hbond substituents is 1. The molecule has 0 unspecified atom stereocenters. The number of aromatic nitrogens is 1. The highest BCUT2D eigenvalue weighted by molar-refractivity contribution is 6.21. The lowest BCUT2D eigenvalue weighted by molar-refractivity contribution is 0.0695. The van der Waals surface area contributed by atoms with Crippen molar-refractivity contribution in [3.8, 4) is 11.5 Å². The average Bonchev–Trinajstić information content (AvgIpc) is 3.19. The summed E-state index contributed by atoms with van der Waals surface area (Å²) >= 11 is 0. The number of rotatable bonds is 4. The maximum absolute atomic E-state index is 11.6. The molecule has 3 heterocycles. The molecule has 0 saturated carbocycles. The molecule has 0 spiro atoms. The molecule has 0 bridgehead atoms. The molecule has 8 nitrogen and oxygen atoms in total. The van der Waals surface area contributed by atoms with Gasteiger partial charge in [0, 0.05) is 23.5 Å². The normalized spacial score (nSPS) is 13.7. The van der Waals surface area contributed by atoms with Gasteiger partial charge in [0.15, 0.2) is 22.9 Å². The molecule has 4 rings (SSSR count). The van der Waals surface area contributed by atoms with E-state index in [4.69, 9.17) is 4.42 Å². The highest BCUT2D eigenvalue weighted by Gasteiger charge is 2.26. The quantitative estimate of drug-likeness (QED) is 0.504. The Morgan fingerprint density at radius 2 is 2.07 bits per heavy atom. The van der Waals surface area contributed by atoms with Gasteiger partial charge in [-0.2, -0.15) is 0 Å². The van der Waals surface area contributed by atoms with Crippen molar-refractivity contribution in [2.45, 2.75) is 6.92 Å². The molecule has 28 heavy (non-hydrogen) atoms. The Kier molecular flexibility index (Phi) is 4.08. The van der Waals surface area contributed by atoms with Crippen LogP contribution in [0.2, 0.25) is 0 Å². The summed E-state index contributed by atoms with van der Waals surface area (Å²) < 4.78 is 5.56. The molecule has 4 N–H and O–H groups in total.